The third-order valence-corrected chi connectivity index (χ3v) is 4.94. The molecule has 1 unspecified atom stereocenters. The van der Waals surface area contributed by atoms with E-state index in [2.05, 4.69) is 18.4 Å². The number of carbonyl (C=O) groups is 1. The molecular formula is C15H19ClN2OS. The first-order chi connectivity index (χ1) is 9.11. The zero-order valence-electron chi connectivity index (χ0n) is 11.5. The maximum absolute atomic E-state index is 12.5. The molecule has 1 amide bonds. The fraction of sp³-hybridized carbons (Fsp3) is 0.400. The Morgan fingerprint density at radius 2 is 2.25 bits per heavy atom. The summed E-state index contributed by atoms with van der Waals surface area (Å²) in [6, 6.07) is 8.02. The predicted octanol–water partition coefficient (Wildman–Crippen LogP) is 3.13. The standard InChI is InChI=1S/C15H18N2OS.ClH/c1-15(9-16)5-6-17(10-15)14(18)12-2-3-13-11(8-12)4-7-19-13;/h2-4,7-8H,5-6,9-10,16H2,1H3;1H. The van der Waals surface area contributed by atoms with Gasteiger partial charge in [0.1, 0.15) is 0 Å². The van der Waals surface area contributed by atoms with E-state index >= 15 is 0 Å². The number of hydrogen-bond donors (Lipinski definition) is 1. The van der Waals surface area contributed by atoms with Crippen LogP contribution in [0.25, 0.3) is 10.1 Å². The van der Waals surface area contributed by atoms with E-state index in [0.717, 1.165) is 30.5 Å². The van der Waals surface area contributed by atoms with Crippen LogP contribution in [0.5, 0.6) is 0 Å². The van der Waals surface area contributed by atoms with Crippen molar-refractivity contribution in [1.29, 1.82) is 0 Å². The Morgan fingerprint density at radius 3 is 2.95 bits per heavy atom. The fourth-order valence-corrected chi connectivity index (χ4v) is 3.42. The van der Waals surface area contributed by atoms with E-state index in [9.17, 15) is 4.79 Å². The highest BCUT2D eigenvalue weighted by Gasteiger charge is 2.35. The lowest BCUT2D eigenvalue weighted by molar-refractivity contribution is 0.0777. The Labute approximate surface area is 129 Å². The predicted molar refractivity (Wildman–Crippen MR) is 86.8 cm³/mol. The summed E-state index contributed by atoms with van der Waals surface area (Å²) in [5.41, 5.74) is 6.66. The number of amides is 1. The Kier molecular flexibility index (Phi) is 4.37. The average Bonchev–Trinajstić information content (AvgIpc) is 3.04. The van der Waals surface area contributed by atoms with Gasteiger partial charge in [-0.1, -0.05) is 6.92 Å². The summed E-state index contributed by atoms with van der Waals surface area (Å²) in [4.78, 5) is 14.4. The number of hydrogen-bond acceptors (Lipinski definition) is 3. The summed E-state index contributed by atoms with van der Waals surface area (Å²) >= 11 is 1.70. The van der Waals surface area contributed by atoms with Crippen LogP contribution in [0.1, 0.15) is 23.7 Å². The van der Waals surface area contributed by atoms with Crippen LogP contribution in [0.3, 0.4) is 0 Å². The van der Waals surface area contributed by atoms with Crippen molar-refractivity contribution in [3.8, 4) is 0 Å². The van der Waals surface area contributed by atoms with Gasteiger partial charge in [0.2, 0.25) is 0 Å². The number of carbonyl (C=O) groups excluding carboxylic acids is 1. The molecular weight excluding hydrogens is 292 g/mol. The number of fused-ring (bicyclic) bond motifs is 1. The van der Waals surface area contributed by atoms with Gasteiger partial charge >= 0.3 is 0 Å². The van der Waals surface area contributed by atoms with E-state index in [4.69, 9.17) is 5.73 Å². The first-order valence-electron chi connectivity index (χ1n) is 6.58. The number of rotatable bonds is 2. The minimum absolute atomic E-state index is 0. The molecule has 1 atom stereocenters. The molecule has 3 nitrogen and oxygen atoms in total. The van der Waals surface area contributed by atoms with E-state index in [1.54, 1.807) is 11.3 Å². The summed E-state index contributed by atoms with van der Waals surface area (Å²) in [5.74, 6) is 0.130. The second kappa shape index (κ2) is 5.72. The molecule has 0 spiro atoms. The normalized spacial score (nSPS) is 22.0. The highest BCUT2D eigenvalue weighted by atomic mass is 35.5. The van der Waals surface area contributed by atoms with Crippen molar-refractivity contribution in [2.24, 2.45) is 11.1 Å². The van der Waals surface area contributed by atoms with Crippen molar-refractivity contribution in [2.75, 3.05) is 19.6 Å². The van der Waals surface area contributed by atoms with Crippen molar-refractivity contribution in [1.82, 2.24) is 4.90 Å². The molecule has 1 aliphatic rings. The monoisotopic (exact) mass is 310 g/mol. The van der Waals surface area contributed by atoms with Crippen molar-refractivity contribution in [3.05, 3.63) is 35.2 Å². The van der Waals surface area contributed by atoms with Gasteiger partial charge < -0.3 is 10.6 Å². The summed E-state index contributed by atoms with van der Waals surface area (Å²) < 4.78 is 1.23. The average molecular weight is 311 g/mol. The zero-order chi connectivity index (χ0) is 13.5. The molecule has 3 rings (SSSR count). The molecule has 2 N–H and O–H groups in total. The molecule has 1 aromatic carbocycles. The Balaban J connectivity index is 0.00000147. The number of halogens is 1. The molecule has 1 saturated heterocycles. The van der Waals surface area contributed by atoms with Crippen molar-refractivity contribution < 1.29 is 4.79 Å². The second-order valence-corrected chi connectivity index (χ2v) is 6.61. The maximum Gasteiger partial charge on any atom is 0.253 e. The highest BCUT2D eigenvalue weighted by molar-refractivity contribution is 7.17. The highest BCUT2D eigenvalue weighted by Crippen LogP contribution is 2.30. The van der Waals surface area contributed by atoms with Gasteiger partial charge in [-0.05, 0) is 53.4 Å². The van der Waals surface area contributed by atoms with Crippen molar-refractivity contribution in [3.63, 3.8) is 0 Å². The van der Waals surface area contributed by atoms with Gasteiger partial charge in [0.25, 0.3) is 5.91 Å². The molecule has 5 heteroatoms. The molecule has 1 aromatic heterocycles. The number of likely N-dealkylation sites (tertiary alicyclic amines) is 1. The fourth-order valence-electron chi connectivity index (χ4n) is 2.65. The molecule has 108 valence electrons. The minimum atomic E-state index is 0. The third-order valence-electron chi connectivity index (χ3n) is 4.04. The maximum atomic E-state index is 12.5. The van der Waals surface area contributed by atoms with Crippen LogP contribution in [-0.4, -0.2) is 30.4 Å². The quantitative estimate of drug-likeness (QED) is 0.926. The van der Waals surface area contributed by atoms with Crippen LogP contribution < -0.4 is 5.73 Å². The molecule has 1 fully saturated rings. The number of nitrogens with two attached hydrogens (primary N) is 1. The van der Waals surface area contributed by atoms with Gasteiger partial charge in [0, 0.05) is 23.4 Å². The molecule has 0 bridgehead atoms. The first kappa shape index (κ1) is 15.3. The summed E-state index contributed by atoms with van der Waals surface area (Å²) in [5, 5.41) is 3.21. The first-order valence-corrected chi connectivity index (χ1v) is 7.46. The second-order valence-electron chi connectivity index (χ2n) is 5.66. The van der Waals surface area contributed by atoms with Gasteiger partial charge in [-0.2, -0.15) is 0 Å². The Hall–Kier alpha value is -1.10. The van der Waals surface area contributed by atoms with E-state index in [1.807, 2.05) is 23.1 Å². The van der Waals surface area contributed by atoms with Crippen molar-refractivity contribution in [2.45, 2.75) is 13.3 Å². The van der Waals surface area contributed by atoms with Crippen LogP contribution in [0, 0.1) is 5.41 Å². The van der Waals surface area contributed by atoms with E-state index in [0.29, 0.717) is 6.54 Å². The van der Waals surface area contributed by atoms with Gasteiger partial charge in [-0.15, -0.1) is 23.7 Å². The van der Waals surface area contributed by atoms with Gasteiger partial charge in [0.05, 0.1) is 0 Å². The lowest BCUT2D eigenvalue weighted by Crippen LogP contribution is -2.34. The Bertz CT molecular complexity index is 627. The molecule has 2 heterocycles. The lowest BCUT2D eigenvalue weighted by Gasteiger charge is -2.22. The molecule has 20 heavy (non-hydrogen) atoms. The molecule has 0 saturated carbocycles. The zero-order valence-corrected chi connectivity index (χ0v) is 13.1. The molecule has 2 aromatic rings. The van der Waals surface area contributed by atoms with Crippen LogP contribution in [-0.2, 0) is 0 Å². The van der Waals surface area contributed by atoms with Crippen LogP contribution in [0.15, 0.2) is 29.6 Å². The minimum Gasteiger partial charge on any atom is -0.338 e. The van der Waals surface area contributed by atoms with Gasteiger partial charge in [0.15, 0.2) is 0 Å². The Morgan fingerprint density at radius 1 is 1.45 bits per heavy atom. The van der Waals surface area contributed by atoms with Crippen LogP contribution in [0.2, 0.25) is 0 Å². The number of thiophene rings is 1. The van der Waals surface area contributed by atoms with Crippen LogP contribution >= 0.6 is 23.7 Å². The SMILES string of the molecule is CC1(CN)CCN(C(=O)c2ccc3sccc3c2)C1.Cl. The summed E-state index contributed by atoms with van der Waals surface area (Å²) in [6.45, 7) is 4.38. The van der Waals surface area contributed by atoms with Gasteiger partial charge in [-0.25, -0.2) is 0 Å². The molecule has 1 aliphatic heterocycles. The summed E-state index contributed by atoms with van der Waals surface area (Å²) in [7, 11) is 0. The molecule has 0 radical (unpaired) electrons. The smallest absolute Gasteiger partial charge is 0.253 e. The van der Waals surface area contributed by atoms with Gasteiger partial charge in [-0.3, -0.25) is 4.79 Å². The van der Waals surface area contributed by atoms with E-state index in [-0.39, 0.29) is 23.7 Å². The number of benzene rings is 1. The van der Waals surface area contributed by atoms with Crippen molar-refractivity contribution >= 4 is 39.7 Å². The van der Waals surface area contributed by atoms with E-state index < -0.39 is 0 Å². The molecule has 0 aliphatic carbocycles. The van der Waals surface area contributed by atoms with Crippen LogP contribution in [0.4, 0.5) is 0 Å². The summed E-state index contributed by atoms with van der Waals surface area (Å²) in [6.07, 6.45) is 0.996. The topological polar surface area (TPSA) is 46.3 Å². The number of nitrogens with zero attached hydrogens (tertiary/aromatic N) is 1. The largest absolute Gasteiger partial charge is 0.338 e. The third kappa shape index (κ3) is 2.68. The lowest BCUT2D eigenvalue weighted by atomic mass is 9.90. The van der Waals surface area contributed by atoms with E-state index in [1.165, 1.54) is 4.70 Å².